The van der Waals surface area contributed by atoms with Gasteiger partial charge in [-0.25, -0.2) is 18.1 Å². The molecule has 0 bridgehead atoms. The zero-order valence-corrected chi connectivity index (χ0v) is 19.6. The van der Waals surface area contributed by atoms with Crippen LogP contribution in [0.5, 0.6) is 5.88 Å². The predicted octanol–water partition coefficient (Wildman–Crippen LogP) is 3.49. The summed E-state index contributed by atoms with van der Waals surface area (Å²) in [6.07, 6.45) is 6.66. The lowest BCUT2D eigenvalue weighted by Gasteiger charge is -2.24. The number of pyridine rings is 1. The van der Waals surface area contributed by atoms with Gasteiger partial charge < -0.3 is 14.6 Å². The first-order valence-electron chi connectivity index (χ1n) is 11.4. The highest BCUT2D eigenvalue weighted by atomic mass is 32.2. The van der Waals surface area contributed by atoms with Gasteiger partial charge in [0.15, 0.2) is 0 Å². The number of amides is 1. The number of hydrogen-bond acceptors (Lipinski definition) is 6. The minimum atomic E-state index is -4.06. The van der Waals surface area contributed by atoms with Gasteiger partial charge in [0.2, 0.25) is 11.8 Å². The summed E-state index contributed by atoms with van der Waals surface area (Å²) >= 11 is 0. The highest BCUT2D eigenvalue weighted by Gasteiger charge is 2.54. The van der Waals surface area contributed by atoms with Gasteiger partial charge in [0.1, 0.15) is 0 Å². The summed E-state index contributed by atoms with van der Waals surface area (Å²) in [5.74, 6) is -0.144. The average molecular weight is 469 g/mol. The van der Waals surface area contributed by atoms with Crippen LogP contribution in [0.1, 0.15) is 45.1 Å². The first-order chi connectivity index (χ1) is 15.8. The zero-order chi connectivity index (χ0) is 23.2. The first kappa shape index (κ1) is 21.8. The van der Waals surface area contributed by atoms with E-state index in [-0.39, 0.29) is 11.0 Å². The molecular formula is C24H28N4O4S. The number of H-pyrrole nitrogens is 1. The smallest absolute Gasteiger partial charge is 0.264 e. The molecule has 0 unspecified atom stereocenters. The lowest BCUT2D eigenvalue weighted by Crippen LogP contribution is -2.39. The Kier molecular flexibility index (Phi) is 5.31. The predicted molar refractivity (Wildman–Crippen MR) is 126 cm³/mol. The number of nitrogens with one attached hydrogen (secondary N) is 2. The van der Waals surface area contributed by atoms with Crippen LogP contribution in [-0.2, 0) is 20.2 Å². The van der Waals surface area contributed by atoms with E-state index in [2.05, 4.69) is 19.6 Å². The van der Waals surface area contributed by atoms with Crippen LogP contribution in [0.2, 0.25) is 0 Å². The molecule has 2 aromatic heterocycles. The van der Waals surface area contributed by atoms with Crippen molar-refractivity contribution in [2.75, 3.05) is 18.0 Å². The van der Waals surface area contributed by atoms with Crippen molar-refractivity contribution in [3.8, 4) is 5.88 Å². The maximum absolute atomic E-state index is 13.5. The monoisotopic (exact) mass is 468 g/mol. The van der Waals surface area contributed by atoms with E-state index < -0.39 is 21.3 Å². The van der Waals surface area contributed by atoms with Gasteiger partial charge in [-0.05, 0) is 63.8 Å². The normalized spacial score (nSPS) is 17.5. The van der Waals surface area contributed by atoms with Gasteiger partial charge in [-0.2, -0.15) is 0 Å². The third-order valence-electron chi connectivity index (χ3n) is 6.43. The summed E-state index contributed by atoms with van der Waals surface area (Å²) in [7, 11) is -4.06. The number of carbonyl (C=O) groups excluding carboxylic acids is 1. The molecule has 8 nitrogen and oxygen atoms in total. The fraction of sp³-hybridized carbons (Fsp3) is 0.417. The van der Waals surface area contributed by atoms with E-state index in [1.54, 1.807) is 30.6 Å². The topological polar surface area (TPSA) is 104 Å². The van der Waals surface area contributed by atoms with Crippen LogP contribution in [0.4, 0.5) is 5.69 Å². The second-order valence-corrected chi connectivity index (χ2v) is 10.8. The van der Waals surface area contributed by atoms with Crippen LogP contribution in [0.25, 0.3) is 10.9 Å². The molecule has 1 aliphatic heterocycles. The second kappa shape index (κ2) is 8.06. The van der Waals surface area contributed by atoms with Gasteiger partial charge in [0.25, 0.3) is 10.0 Å². The van der Waals surface area contributed by atoms with Crippen molar-refractivity contribution < 1.29 is 17.9 Å². The highest BCUT2D eigenvalue weighted by molar-refractivity contribution is 7.90. The Bertz CT molecular complexity index is 1310. The van der Waals surface area contributed by atoms with E-state index in [1.807, 2.05) is 19.9 Å². The number of carbonyl (C=O) groups is 1. The Labute approximate surface area is 193 Å². The van der Waals surface area contributed by atoms with Crippen molar-refractivity contribution >= 4 is 32.5 Å². The molecule has 0 radical (unpaired) electrons. The molecule has 9 heteroatoms. The molecule has 33 heavy (non-hydrogen) atoms. The number of aromatic nitrogens is 2. The van der Waals surface area contributed by atoms with E-state index in [0.717, 1.165) is 31.6 Å². The van der Waals surface area contributed by atoms with E-state index in [4.69, 9.17) is 4.74 Å². The van der Waals surface area contributed by atoms with Crippen molar-refractivity contribution in [3.05, 3.63) is 48.3 Å². The summed E-state index contributed by atoms with van der Waals surface area (Å²) in [4.78, 5) is 23.3. The Morgan fingerprint density at radius 3 is 2.67 bits per heavy atom. The minimum absolute atomic E-state index is 0.0768. The van der Waals surface area contributed by atoms with Crippen LogP contribution in [0.3, 0.4) is 0 Å². The molecule has 1 aromatic carbocycles. The SMILES string of the molecule is CC(C)Oc1ncc(N2CCCC2)cc1C1(C(=O)NS(=O)(=O)c2cccc3[nH]ccc23)CC1. The van der Waals surface area contributed by atoms with Gasteiger partial charge in [0.05, 0.1) is 28.3 Å². The summed E-state index contributed by atoms with van der Waals surface area (Å²) in [5.41, 5.74) is 1.33. The summed E-state index contributed by atoms with van der Waals surface area (Å²) in [6.45, 7) is 5.70. The Hall–Kier alpha value is -3.07. The van der Waals surface area contributed by atoms with E-state index >= 15 is 0 Å². The van der Waals surface area contributed by atoms with Gasteiger partial charge in [-0.1, -0.05) is 6.07 Å². The lowest BCUT2D eigenvalue weighted by molar-refractivity contribution is -0.121. The van der Waals surface area contributed by atoms with Crippen molar-refractivity contribution in [1.29, 1.82) is 0 Å². The number of nitrogens with zero attached hydrogens (tertiary/aromatic N) is 2. The number of benzene rings is 1. The third-order valence-corrected chi connectivity index (χ3v) is 7.82. The molecule has 5 rings (SSSR count). The average Bonchev–Trinajstić information content (AvgIpc) is 3.17. The van der Waals surface area contributed by atoms with Crippen LogP contribution in [0, 0.1) is 0 Å². The molecule has 0 spiro atoms. The first-order valence-corrected chi connectivity index (χ1v) is 12.8. The molecule has 174 valence electrons. The number of hydrogen-bond donors (Lipinski definition) is 2. The molecule has 3 heterocycles. The maximum Gasteiger partial charge on any atom is 0.264 e. The number of sulfonamides is 1. The number of anilines is 1. The second-order valence-electron chi connectivity index (χ2n) is 9.12. The summed E-state index contributed by atoms with van der Waals surface area (Å²) in [6, 6.07) is 8.61. The van der Waals surface area contributed by atoms with Crippen molar-refractivity contribution in [2.45, 2.75) is 55.9 Å². The summed E-state index contributed by atoms with van der Waals surface area (Å²) < 4.78 is 34.7. The minimum Gasteiger partial charge on any atom is -0.475 e. The van der Waals surface area contributed by atoms with Crippen LogP contribution < -0.4 is 14.4 Å². The van der Waals surface area contributed by atoms with E-state index in [0.29, 0.717) is 35.2 Å². The Morgan fingerprint density at radius 1 is 1.21 bits per heavy atom. The molecule has 0 atom stereocenters. The molecule has 2 aliphatic rings. The molecule has 1 saturated carbocycles. The molecule has 1 aliphatic carbocycles. The fourth-order valence-corrected chi connectivity index (χ4v) is 5.83. The zero-order valence-electron chi connectivity index (χ0n) is 18.8. The standard InChI is InChI=1S/C24H28N4O4S/c1-16(2)32-22-19(14-17(15-26-22)28-12-3-4-13-28)24(9-10-24)23(29)27-33(30,31)21-7-5-6-20-18(21)8-11-25-20/h5-8,11,14-16,25H,3-4,9-10,12-13H2,1-2H3,(H,27,29). The highest BCUT2D eigenvalue weighted by Crippen LogP contribution is 2.52. The van der Waals surface area contributed by atoms with Gasteiger partial charge in [0, 0.05) is 35.8 Å². The lowest BCUT2D eigenvalue weighted by atomic mass is 9.95. The van der Waals surface area contributed by atoms with Crippen LogP contribution in [-0.4, -0.2) is 43.5 Å². The van der Waals surface area contributed by atoms with Gasteiger partial charge in [-0.3, -0.25) is 4.79 Å². The largest absolute Gasteiger partial charge is 0.475 e. The van der Waals surface area contributed by atoms with Crippen LogP contribution >= 0.6 is 0 Å². The van der Waals surface area contributed by atoms with E-state index in [9.17, 15) is 13.2 Å². The maximum atomic E-state index is 13.5. The van der Waals surface area contributed by atoms with Crippen LogP contribution in [0.15, 0.2) is 47.6 Å². The Morgan fingerprint density at radius 2 is 1.97 bits per heavy atom. The molecule has 2 fully saturated rings. The van der Waals surface area contributed by atoms with Gasteiger partial charge in [-0.15, -0.1) is 0 Å². The molecule has 2 N–H and O–H groups in total. The Balaban J connectivity index is 1.49. The van der Waals surface area contributed by atoms with Crippen molar-refractivity contribution in [1.82, 2.24) is 14.7 Å². The molecule has 1 amide bonds. The van der Waals surface area contributed by atoms with Crippen molar-refractivity contribution in [2.24, 2.45) is 0 Å². The molecular weight excluding hydrogens is 440 g/mol. The molecule has 1 saturated heterocycles. The van der Waals surface area contributed by atoms with Crippen molar-refractivity contribution in [3.63, 3.8) is 0 Å². The third kappa shape index (κ3) is 3.94. The number of rotatable bonds is 7. The fourth-order valence-electron chi connectivity index (χ4n) is 4.56. The van der Waals surface area contributed by atoms with E-state index in [1.165, 1.54) is 6.07 Å². The number of fused-ring (bicyclic) bond motifs is 1. The number of ether oxygens (including phenoxy) is 1. The van der Waals surface area contributed by atoms with Gasteiger partial charge >= 0.3 is 0 Å². The molecule has 3 aromatic rings. The quantitative estimate of drug-likeness (QED) is 0.550. The summed E-state index contributed by atoms with van der Waals surface area (Å²) in [5, 5.41) is 0.546. The number of aromatic amines is 1.